The Morgan fingerprint density at radius 1 is 1.12 bits per heavy atom. The van der Waals surface area contributed by atoms with Crippen LogP contribution in [-0.2, 0) is 10.2 Å². The molecule has 1 aliphatic heterocycles. The number of nitrogens with one attached hydrogen (secondary N) is 1. The largest absolute Gasteiger partial charge is 0.279 e. The maximum atomic E-state index is 12.2. The Labute approximate surface area is 121 Å². The van der Waals surface area contributed by atoms with E-state index in [2.05, 4.69) is 36.6 Å². The molecule has 1 saturated heterocycles. The van der Waals surface area contributed by atoms with Gasteiger partial charge in [0.1, 0.15) is 0 Å². The van der Waals surface area contributed by atoms with Gasteiger partial charge in [-0.1, -0.05) is 44.7 Å². The number of hydrogen-bond donors (Lipinski definition) is 1. The topological polar surface area (TPSA) is 49.4 Å². The molecule has 1 aliphatic rings. The van der Waals surface area contributed by atoms with Crippen molar-refractivity contribution >= 4 is 42.1 Å². The summed E-state index contributed by atoms with van der Waals surface area (Å²) >= 11 is 6.70. The predicted octanol–water partition coefficient (Wildman–Crippen LogP) is 2.25. The van der Waals surface area contributed by atoms with Gasteiger partial charge in [-0.15, -0.1) is 0 Å². The molecule has 0 aromatic heterocycles. The number of rotatable bonds is 5. The molecule has 102 valence electrons. The van der Waals surface area contributed by atoms with Crippen LogP contribution < -0.4 is 4.72 Å². The van der Waals surface area contributed by atoms with Gasteiger partial charge in [-0.3, -0.25) is 0 Å². The highest BCUT2D eigenvalue weighted by molar-refractivity contribution is 9.09. The maximum Gasteiger partial charge on any atom is 0.279 e. The third kappa shape index (κ3) is 4.78. The zero-order chi connectivity index (χ0) is 12.9. The Hall–Kier alpha value is 0.830. The molecule has 0 spiro atoms. The van der Waals surface area contributed by atoms with Crippen LogP contribution in [0, 0.1) is 0 Å². The minimum atomic E-state index is -3.37. The lowest BCUT2D eigenvalue weighted by Crippen LogP contribution is -2.54. The number of halogens is 2. The van der Waals surface area contributed by atoms with Crippen LogP contribution in [0.2, 0.25) is 0 Å². The summed E-state index contributed by atoms with van der Waals surface area (Å²) in [6.45, 7) is 3.15. The van der Waals surface area contributed by atoms with Crippen molar-refractivity contribution in [1.29, 1.82) is 0 Å². The average Bonchev–Trinajstić information content (AvgIpc) is 2.57. The molecule has 0 aromatic rings. The second-order valence-corrected chi connectivity index (χ2v) is 7.54. The van der Waals surface area contributed by atoms with Crippen LogP contribution in [0.25, 0.3) is 0 Å². The zero-order valence-corrected chi connectivity index (χ0v) is 14.1. The molecule has 1 rings (SSSR count). The van der Waals surface area contributed by atoms with Gasteiger partial charge in [0.25, 0.3) is 10.2 Å². The molecule has 0 saturated carbocycles. The normalized spacial score (nSPS) is 20.2. The molecular weight excluding hydrogens is 372 g/mol. The molecule has 0 radical (unpaired) electrons. The third-order valence-electron chi connectivity index (χ3n) is 2.87. The van der Waals surface area contributed by atoms with Gasteiger partial charge in [0.05, 0.1) is 5.54 Å². The van der Waals surface area contributed by atoms with E-state index in [9.17, 15) is 8.42 Å². The van der Waals surface area contributed by atoms with E-state index in [0.29, 0.717) is 23.7 Å². The fourth-order valence-electron chi connectivity index (χ4n) is 1.75. The van der Waals surface area contributed by atoms with Crippen molar-refractivity contribution in [3.63, 3.8) is 0 Å². The summed E-state index contributed by atoms with van der Waals surface area (Å²) in [6, 6.07) is 0. The lowest BCUT2D eigenvalue weighted by atomic mass is 10.1. The van der Waals surface area contributed by atoms with E-state index in [1.165, 1.54) is 0 Å². The summed E-state index contributed by atoms with van der Waals surface area (Å²) in [5.74, 6) is 0. The van der Waals surface area contributed by atoms with Crippen molar-refractivity contribution < 1.29 is 8.42 Å². The fourth-order valence-corrected chi connectivity index (χ4v) is 4.96. The van der Waals surface area contributed by atoms with Crippen LogP contribution in [-0.4, -0.2) is 42.0 Å². The first-order valence-corrected chi connectivity index (χ1v) is 9.53. The van der Waals surface area contributed by atoms with Crippen LogP contribution in [0.4, 0.5) is 0 Å². The van der Waals surface area contributed by atoms with E-state index in [-0.39, 0.29) is 0 Å². The minimum absolute atomic E-state index is 0.481. The molecule has 0 unspecified atom stereocenters. The van der Waals surface area contributed by atoms with Gasteiger partial charge in [0.15, 0.2) is 0 Å². The van der Waals surface area contributed by atoms with Gasteiger partial charge in [0, 0.05) is 23.7 Å². The maximum absolute atomic E-state index is 12.2. The highest BCUT2D eigenvalue weighted by Gasteiger charge is 2.31. The van der Waals surface area contributed by atoms with E-state index < -0.39 is 15.7 Å². The Morgan fingerprint density at radius 3 is 2.00 bits per heavy atom. The van der Waals surface area contributed by atoms with Crippen molar-refractivity contribution in [3.8, 4) is 0 Å². The second kappa shape index (κ2) is 6.84. The summed E-state index contributed by atoms with van der Waals surface area (Å²) in [4.78, 5) is 0. The standard InChI is InChI=1S/C10H20Br2N2O2S/c1-10(8-11,9-12)13-17(15,16)14-6-4-2-3-5-7-14/h13H,2-9H2,1H3. The van der Waals surface area contributed by atoms with Crippen LogP contribution in [0.1, 0.15) is 32.6 Å². The molecule has 0 aliphatic carbocycles. The monoisotopic (exact) mass is 390 g/mol. The van der Waals surface area contributed by atoms with Crippen molar-refractivity contribution in [3.05, 3.63) is 0 Å². The molecule has 1 heterocycles. The van der Waals surface area contributed by atoms with Crippen LogP contribution in [0.15, 0.2) is 0 Å². The molecule has 1 fully saturated rings. The first kappa shape index (κ1) is 15.9. The number of alkyl halides is 2. The summed E-state index contributed by atoms with van der Waals surface area (Å²) in [7, 11) is -3.37. The summed E-state index contributed by atoms with van der Waals surface area (Å²) < 4.78 is 28.8. The van der Waals surface area contributed by atoms with Crippen LogP contribution in [0.5, 0.6) is 0 Å². The first-order chi connectivity index (χ1) is 7.93. The summed E-state index contributed by atoms with van der Waals surface area (Å²) in [6.07, 6.45) is 4.17. The van der Waals surface area contributed by atoms with E-state index >= 15 is 0 Å². The molecule has 0 bridgehead atoms. The van der Waals surface area contributed by atoms with E-state index in [1.807, 2.05) is 6.92 Å². The Bertz CT molecular complexity index is 323. The molecule has 1 N–H and O–H groups in total. The first-order valence-electron chi connectivity index (χ1n) is 5.84. The highest BCUT2D eigenvalue weighted by atomic mass is 79.9. The van der Waals surface area contributed by atoms with Gasteiger partial charge in [-0.2, -0.15) is 17.4 Å². The lowest BCUT2D eigenvalue weighted by Gasteiger charge is -2.30. The van der Waals surface area contributed by atoms with Gasteiger partial charge in [-0.25, -0.2) is 0 Å². The SMILES string of the molecule is CC(CBr)(CBr)NS(=O)(=O)N1CCCCCC1. The zero-order valence-electron chi connectivity index (χ0n) is 10.1. The molecule has 17 heavy (non-hydrogen) atoms. The van der Waals surface area contributed by atoms with E-state index in [0.717, 1.165) is 25.7 Å². The summed E-state index contributed by atoms with van der Waals surface area (Å²) in [5, 5.41) is 1.16. The van der Waals surface area contributed by atoms with Crippen molar-refractivity contribution in [2.75, 3.05) is 23.7 Å². The molecule has 7 heteroatoms. The smallest absolute Gasteiger partial charge is 0.195 e. The molecule has 0 amide bonds. The van der Waals surface area contributed by atoms with Gasteiger partial charge >= 0.3 is 0 Å². The molecule has 4 nitrogen and oxygen atoms in total. The van der Waals surface area contributed by atoms with E-state index in [4.69, 9.17) is 0 Å². The van der Waals surface area contributed by atoms with Crippen LogP contribution >= 0.6 is 31.9 Å². The van der Waals surface area contributed by atoms with Crippen molar-refractivity contribution in [2.24, 2.45) is 0 Å². The third-order valence-corrected chi connectivity index (χ3v) is 7.14. The number of hydrogen-bond acceptors (Lipinski definition) is 2. The van der Waals surface area contributed by atoms with Crippen LogP contribution in [0.3, 0.4) is 0 Å². The quantitative estimate of drug-likeness (QED) is 0.730. The second-order valence-electron chi connectivity index (χ2n) is 4.75. The molecule has 0 aromatic carbocycles. The van der Waals surface area contributed by atoms with Gasteiger partial charge < -0.3 is 0 Å². The predicted molar refractivity (Wildman–Crippen MR) is 78.1 cm³/mol. The fraction of sp³-hybridized carbons (Fsp3) is 1.00. The van der Waals surface area contributed by atoms with Gasteiger partial charge in [0.2, 0.25) is 0 Å². The Balaban J connectivity index is 2.72. The Kier molecular flexibility index (Phi) is 6.39. The summed E-state index contributed by atoms with van der Waals surface area (Å²) in [5.41, 5.74) is -0.481. The number of nitrogens with zero attached hydrogens (tertiary/aromatic N) is 1. The molecular formula is C10H20Br2N2O2S. The lowest BCUT2D eigenvalue weighted by molar-refractivity contribution is 0.397. The van der Waals surface area contributed by atoms with Crippen molar-refractivity contribution in [1.82, 2.24) is 9.03 Å². The van der Waals surface area contributed by atoms with Crippen molar-refractivity contribution in [2.45, 2.75) is 38.1 Å². The van der Waals surface area contributed by atoms with Gasteiger partial charge in [-0.05, 0) is 19.8 Å². The molecule has 0 atom stereocenters. The Morgan fingerprint density at radius 2 is 1.59 bits per heavy atom. The minimum Gasteiger partial charge on any atom is -0.195 e. The highest BCUT2D eigenvalue weighted by Crippen LogP contribution is 2.17. The van der Waals surface area contributed by atoms with E-state index in [1.54, 1.807) is 4.31 Å². The average molecular weight is 392 g/mol.